The van der Waals surface area contributed by atoms with Crippen molar-refractivity contribution in [3.63, 3.8) is 0 Å². The highest BCUT2D eigenvalue weighted by Crippen LogP contribution is 2.47. The third-order valence-corrected chi connectivity index (χ3v) is 7.20. The Hall–Kier alpha value is -2.63. The second-order valence-electron chi connectivity index (χ2n) is 8.67. The molecule has 31 heavy (non-hydrogen) atoms. The zero-order valence-corrected chi connectivity index (χ0v) is 19.8. The molecule has 0 radical (unpaired) electrons. The van der Waals surface area contributed by atoms with Crippen LogP contribution in [-0.4, -0.2) is 28.8 Å². The first kappa shape index (κ1) is 21.6. The molecule has 0 saturated heterocycles. The predicted octanol–water partition coefficient (Wildman–Crippen LogP) is 6.19. The predicted molar refractivity (Wildman–Crippen MR) is 124 cm³/mol. The Bertz CT molecular complexity index is 1210. The summed E-state index contributed by atoms with van der Waals surface area (Å²) in [6.45, 7) is 9.76. The first-order valence-corrected chi connectivity index (χ1v) is 11.1. The van der Waals surface area contributed by atoms with E-state index in [1.54, 1.807) is 7.11 Å². The summed E-state index contributed by atoms with van der Waals surface area (Å²) in [6, 6.07) is 5.90. The Morgan fingerprint density at radius 3 is 2.26 bits per heavy atom. The number of allylic oxidation sites excluding steroid dienone is 2. The maximum atomic E-state index is 16.2. The Balaban J connectivity index is 2.22. The van der Waals surface area contributed by atoms with E-state index in [4.69, 9.17) is 4.74 Å². The van der Waals surface area contributed by atoms with Gasteiger partial charge in [-0.2, -0.15) is 0 Å². The molecule has 0 fully saturated rings. The minimum Gasteiger partial charge on any atom is -0.497 e. The zero-order chi connectivity index (χ0) is 22.8. The van der Waals surface area contributed by atoms with Gasteiger partial charge in [-0.1, -0.05) is 19.9 Å². The summed E-state index contributed by atoms with van der Waals surface area (Å²) in [4.78, 5) is 0. The molecule has 1 aromatic heterocycles. The van der Waals surface area contributed by atoms with Crippen LogP contribution in [0, 0.1) is 20.8 Å². The molecular weight excluding hydrogens is 393 g/mol. The van der Waals surface area contributed by atoms with Crippen LogP contribution in [0.1, 0.15) is 67.8 Å². The Morgan fingerprint density at radius 1 is 1.03 bits per heavy atom. The fourth-order valence-corrected chi connectivity index (χ4v) is 5.78. The maximum absolute atomic E-state index is 16.2. The lowest BCUT2D eigenvalue weighted by Gasteiger charge is -2.34. The highest BCUT2D eigenvalue weighted by molar-refractivity contribution is 6.58. The summed E-state index contributed by atoms with van der Waals surface area (Å²) < 4.78 is 40.5. The van der Waals surface area contributed by atoms with Crippen molar-refractivity contribution >= 4 is 18.3 Å². The number of benzene rings is 1. The minimum atomic E-state index is -3.99. The highest BCUT2D eigenvalue weighted by Gasteiger charge is 2.56. The van der Waals surface area contributed by atoms with Crippen LogP contribution in [0.2, 0.25) is 0 Å². The number of rotatable bonds is 4. The molecule has 2 aliphatic rings. The largest absolute Gasteiger partial charge is 0.737 e. The number of methoxy groups -OCH3 is 1. The van der Waals surface area contributed by atoms with Crippen LogP contribution in [0.4, 0.5) is 8.63 Å². The minimum absolute atomic E-state index is 0.656. The molecule has 4 rings (SSSR count). The van der Waals surface area contributed by atoms with Crippen molar-refractivity contribution < 1.29 is 17.9 Å². The van der Waals surface area contributed by atoms with E-state index < -0.39 is 6.97 Å². The summed E-state index contributed by atoms with van der Waals surface area (Å²) in [5.74, 6) is 0.766. The van der Waals surface area contributed by atoms with Gasteiger partial charge in [0.15, 0.2) is 5.70 Å². The Morgan fingerprint density at radius 2 is 1.71 bits per heavy atom. The number of fused-ring (bicyclic) bond motifs is 2. The molecule has 3 heterocycles. The van der Waals surface area contributed by atoms with Crippen molar-refractivity contribution in [2.45, 2.75) is 61.3 Å². The molecule has 0 saturated carbocycles. The first-order valence-electron chi connectivity index (χ1n) is 11.1. The normalized spacial score (nSPS) is 17.5. The summed E-state index contributed by atoms with van der Waals surface area (Å²) in [6.07, 6.45) is 1.46. The van der Waals surface area contributed by atoms with Crippen molar-refractivity contribution in [2.24, 2.45) is 0 Å². The number of nitrogens with zero attached hydrogens (tertiary/aromatic N) is 2. The van der Waals surface area contributed by atoms with E-state index >= 15 is 8.63 Å². The molecule has 3 nitrogen and oxygen atoms in total. The molecule has 0 aliphatic carbocycles. The van der Waals surface area contributed by atoms with Crippen LogP contribution < -0.4 is 4.74 Å². The molecule has 0 N–H and O–H groups in total. The van der Waals surface area contributed by atoms with Crippen LogP contribution in [0.5, 0.6) is 5.75 Å². The van der Waals surface area contributed by atoms with Gasteiger partial charge in [0.2, 0.25) is 0 Å². The number of aromatic nitrogens is 1. The van der Waals surface area contributed by atoms with Crippen LogP contribution in [0.15, 0.2) is 35.0 Å². The number of ether oxygens (including phenoxy) is 1. The molecule has 0 amide bonds. The number of hydrogen-bond donors (Lipinski definition) is 0. The lowest BCUT2D eigenvalue weighted by atomic mass is 9.82. The summed E-state index contributed by atoms with van der Waals surface area (Å²) in [5, 5.41) is 0. The molecule has 2 aromatic rings. The van der Waals surface area contributed by atoms with Gasteiger partial charge < -0.3 is 22.3 Å². The van der Waals surface area contributed by atoms with Crippen molar-refractivity contribution in [1.82, 2.24) is 4.48 Å². The zero-order valence-electron chi connectivity index (χ0n) is 19.8. The molecular formula is C25H31BF2N2O. The third kappa shape index (κ3) is 2.73. The smallest absolute Gasteiger partial charge is 0.497 e. The first-order chi connectivity index (χ1) is 14.6. The summed E-state index contributed by atoms with van der Waals surface area (Å²) in [7, 11) is 1.64. The highest BCUT2D eigenvalue weighted by atomic mass is 19.2. The van der Waals surface area contributed by atoms with E-state index in [9.17, 15) is 0 Å². The van der Waals surface area contributed by atoms with E-state index in [1.165, 1.54) is 8.96 Å². The number of halogens is 2. The molecule has 0 unspecified atom stereocenters. The molecule has 0 bridgehead atoms. The fraction of sp³-hybridized carbons (Fsp3) is 0.400. The van der Waals surface area contributed by atoms with Crippen LogP contribution in [0.3, 0.4) is 0 Å². The lowest BCUT2D eigenvalue weighted by Crippen LogP contribution is -2.51. The van der Waals surface area contributed by atoms with Gasteiger partial charge in [0.1, 0.15) is 11.5 Å². The molecule has 1 aromatic carbocycles. The summed E-state index contributed by atoms with van der Waals surface area (Å²) in [5.41, 5.74) is 9.45. The second-order valence-corrected chi connectivity index (χ2v) is 8.67. The van der Waals surface area contributed by atoms with Crippen molar-refractivity contribution in [1.29, 1.82) is 0 Å². The van der Waals surface area contributed by atoms with E-state index in [2.05, 4.69) is 0 Å². The average Bonchev–Trinajstić information content (AvgIpc) is 3.13. The van der Waals surface area contributed by atoms with Crippen molar-refractivity contribution in [3.8, 4) is 5.75 Å². The van der Waals surface area contributed by atoms with E-state index in [0.29, 0.717) is 22.8 Å². The van der Waals surface area contributed by atoms with Crippen molar-refractivity contribution in [3.05, 3.63) is 68.7 Å². The summed E-state index contributed by atoms with van der Waals surface area (Å²) >= 11 is 0. The molecule has 0 spiro atoms. The maximum Gasteiger partial charge on any atom is 0.737 e. The van der Waals surface area contributed by atoms with Gasteiger partial charge in [-0.3, -0.25) is 0 Å². The number of aryl methyl sites for hydroxylation is 1. The van der Waals surface area contributed by atoms with Gasteiger partial charge >= 0.3 is 6.97 Å². The van der Waals surface area contributed by atoms with E-state index in [-0.39, 0.29) is 0 Å². The van der Waals surface area contributed by atoms with Crippen LogP contribution in [0.25, 0.3) is 5.57 Å². The topological polar surface area (TPSA) is 17.2 Å². The standard InChI is InChI=1S/C25H31BF2N2O/c1-9-20-15(4)24-23(22-12-11-19(31-8)13-14(22)3)25-16(5)21(10-2)18(7)30(25)26(27,28)29(24)17(20)6/h11-13H,9-10H2,1-8H3. The SMILES string of the molecule is CCC1=C(C)C2=C(c3ccc(OC)cc3C)c3c(C)c(CC)c(C)n3[B-](F)(F)[N+]2=C1C. The van der Waals surface area contributed by atoms with Gasteiger partial charge in [-0.15, -0.1) is 0 Å². The van der Waals surface area contributed by atoms with Crippen LogP contribution in [-0.2, 0) is 6.42 Å². The van der Waals surface area contributed by atoms with E-state index in [1.807, 2.05) is 66.7 Å². The fourth-order valence-electron chi connectivity index (χ4n) is 5.78. The van der Waals surface area contributed by atoms with Crippen molar-refractivity contribution in [2.75, 3.05) is 7.11 Å². The van der Waals surface area contributed by atoms with Gasteiger partial charge in [-0.05, 0) is 80.6 Å². The third-order valence-electron chi connectivity index (χ3n) is 7.20. The van der Waals surface area contributed by atoms with Crippen LogP contribution >= 0.6 is 0 Å². The van der Waals surface area contributed by atoms with E-state index in [0.717, 1.165) is 57.6 Å². The Kier molecular flexibility index (Phi) is 5.03. The second kappa shape index (κ2) is 7.21. The quantitative estimate of drug-likeness (QED) is 0.535. The van der Waals surface area contributed by atoms with Gasteiger partial charge in [0.05, 0.1) is 12.7 Å². The molecule has 164 valence electrons. The van der Waals surface area contributed by atoms with Gasteiger partial charge in [0, 0.05) is 23.8 Å². The Labute approximate surface area is 183 Å². The molecule has 2 aliphatic heterocycles. The average molecular weight is 424 g/mol. The monoisotopic (exact) mass is 424 g/mol. The van der Waals surface area contributed by atoms with Gasteiger partial charge in [0.25, 0.3) is 0 Å². The lowest BCUT2D eigenvalue weighted by molar-refractivity contribution is -0.363. The molecule has 6 heteroatoms. The molecule has 0 atom stereocenters. The number of hydrogen-bond acceptors (Lipinski definition) is 1. The van der Waals surface area contributed by atoms with Gasteiger partial charge in [-0.25, -0.2) is 0 Å².